The van der Waals surface area contributed by atoms with Crippen LogP contribution in [0.15, 0.2) is 47.4 Å². The molecule has 0 amide bonds. The van der Waals surface area contributed by atoms with Crippen LogP contribution in [0, 0.1) is 0 Å². The van der Waals surface area contributed by atoms with Crippen LogP contribution in [0.4, 0.5) is 5.82 Å². The molecule has 0 aliphatic carbocycles. The third kappa shape index (κ3) is 7.07. The molecule has 0 radical (unpaired) electrons. The van der Waals surface area contributed by atoms with E-state index in [0.29, 0.717) is 0 Å². The third-order valence-electron chi connectivity index (χ3n) is 4.80. The molecule has 2 heterocycles. The number of hydrogen-bond acceptors (Lipinski definition) is 10. The largest absolute Gasteiger partial charge is 0.462 e. The van der Waals surface area contributed by atoms with Crippen LogP contribution < -0.4 is 21.0 Å². The number of rotatable bonds is 10. The first-order valence-electron chi connectivity index (χ1n) is 10.7. The van der Waals surface area contributed by atoms with Gasteiger partial charge in [0.05, 0.1) is 29.4 Å². The zero-order valence-corrected chi connectivity index (χ0v) is 20.8. The molecule has 1 aliphatic heterocycles. The van der Waals surface area contributed by atoms with Gasteiger partial charge < -0.3 is 20.1 Å². The van der Waals surface area contributed by atoms with Crippen molar-refractivity contribution < 1.29 is 28.3 Å². The topological polar surface area (TPSA) is 155 Å². The minimum atomic E-state index is -4.05. The molecule has 5 atom stereocenters. The number of carbonyl (C=O) groups is 1. The fourth-order valence-electron chi connectivity index (χ4n) is 3.19. The van der Waals surface area contributed by atoms with Gasteiger partial charge in [-0.3, -0.25) is 13.9 Å². The molecule has 0 saturated carbocycles. The van der Waals surface area contributed by atoms with Gasteiger partial charge in [0.15, 0.2) is 0 Å². The summed E-state index contributed by atoms with van der Waals surface area (Å²) >= 11 is 1.28. The third-order valence-corrected chi connectivity index (χ3v) is 7.98. The minimum absolute atomic E-state index is 0.111. The van der Waals surface area contributed by atoms with Crippen LogP contribution in [-0.4, -0.2) is 50.7 Å². The van der Waals surface area contributed by atoms with Crippen LogP contribution in [-0.2, 0) is 18.6 Å². The van der Waals surface area contributed by atoms with Gasteiger partial charge in [-0.15, -0.1) is 11.8 Å². The fourth-order valence-corrected chi connectivity index (χ4v) is 6.25. The van der Waals surface area contributed by atoms with E-state index in [1.165, 1.54) is 35.5 Å². The number of esters is 1. The van der Waals surface area contributed by atoms with Gasteiger partial charge >= 0.3 is 19.4 Å². The summed E-state index contributed by atoms with van der Waals surface area (Å²) in [5.41, 5.74) is 5.02. The number of para-hydroxylation sites is 1. The van der Waals surface area contributed by atoms with E-state index in [1.54, 1.807) is 44.2 Å². The van der Waals surface area contributed by atoms with Gasteiger partial charge in [-0.25, -0.2) is 9.36 Å². The molecule has 1 saturated heterocycles. The number of ether oxygens (including phenoxy) is 1. The SMILES string of the molecule is CC(C)OC(=O)[C@H](C)N[P@](=O)(OCC1S[C@@H](n2ccc(N)nc2=O)CC1O)Oc1ccccc1. The molecule has 1 aliphatic rings. The summed E-state index contributed by atoms with van der Waals surface area (Å²) in [6.45, 7) is 4.74. The average molecular weight is 513 g/mol. The molecule has 1 aromatic carbocycles. The molecular formula is C21H29N4O7PS. The number of aliphatic hydroxyl groups is 1. The molecule has 34 heavy (non-hydrogen) atoms. The molecule has 4 N–H and O–H groups in total. The molecule has 2 aromatic rings. The summed E-state index contributed by atoms with van der Waals surface area (Å²) in [4.78, 5) is 28.1. The van der Waals surface area contributed by atoms with Crippen LogP contribution in [0.1, 0.15) is 32.6 Å². The molecule has 1 aromatic heterocycles. The number of nitrogen functional groups attached to an aromatic ring is 1. The number of carbonyl (C=O) groups excluding carboxylic acids is 1. The predicted octanol–water partition coefficient (Wildman–Crippen LogP) is 2.32. The van der Waals surface area contributed by atoms with E-state index >= 15 is 0 Å². The van der Waals surface area contributed by atoms with Crippen LogP contribution >= 0.6 is 19.5 Å². The summed E-state index contributed by atoms with van der Waals surface area (Å²) in [5, 5.41) is 12.2. The Labute approximate surface area is 201 Å². The maximum atomic E-state index is 13.6. The standard InChI is InChI=1S/C21H29N4O7PS/c1-13(2)31-20(27)14(3)24-33(29,32-15-7-5-4-6-8-15)30-12-17-16(26)11-19(34-17)25-10-9-18(22)23-21(25)28/h4-10,13-14,16-17,19,26H,11-12H2,1-3H3,(H,24,29)(H2,22,23,28)/t14-,16?,17?,19+,33-/m0/s1. The minimum Gasteiger partial charge on any atom is -0.462 e. The van der Waals surface area contributed by atoms with Gasteiger partial charge in [-0.1, -0.05) is 18.2 Å². The number of hydrogen-bond donors (Lipinski definition) is 3. The van der Waals surface area contributed by atoms with Crippen molar-refractivity contribution in [3.05, 3.63) is 53.1 Å². The first kappa shape index (κ1) is 26.2. The number of nitrogens with two attached hydrogens (primary N) is 1. The summed E-state index contributed by atoms with van der Waals surface area (Å²) in [5.74, 6) is -0.222. The van der Waals surface area contributed by atoms with E-state index in [0.717, 1.165) is 0 Å². The Balaban J connectivity index is 1.71. The van der Waals surface area contributed by atoms with E-state index < -0.39 is 42.2 Å². The highest BCUT2D eigenvalue weighted by atomic mass is 32.2. The van der Waals surface area contributed by atoms with Gasteiger partial charge in [0.1, 0.15) is 17.6 Å². The number of benzene rings is 1. The maximum absolute atomic E-state index is 13.6. The number of thioether (sulfide) groups is 1. The molecule has 1 fully saturated rings. The zero-order chi connectivity index (χ0) is 24.9. The Hall–Kier alpha value is -2.37. The second-order valence-corrected chi connectivity index (χ2v) is 11.1. The Bertz CT molecular complexity index is 1080. The van der Waals surface area contributed by atoms with Crippen LogP contribution in [0.3, 0.4) is 0 Å². The molecule has 2 unspecified atom stereocenters. The van der Waals surface area contributed by atoms with Gasteiger partial charge in [-0.2, -0.15) is 10.1 Å². The molecule has 3 rings (SSSR count). The summed E-state index contributed by atoms with van der Waals surface area (Å²) in [6.07, 6.45) is 0.595. The lowest BCUT2D eigenvalue weighted by Gasteiger charge is -2.25. The van der Waals surface area contributed by atoms with Gasteiger partial charge in [0, 0.05) is 12.6 Å². The molecule has 186 valence electrons. The van der Waals surface area contributed by atoms with Crippen molar-refractivity contribution in [2.24, 2.45) is 0 Å². The molecule has 0 bridgehead atoms. The predicted molar refractivity (Wildman–Crippen MR) is 128 cm³/mol. The number of aromatic nitrogens is 2. The van der Waals surface area contributed by atoms with Crippen molar-refractivity contribution in [2.75, 3.05) is 12.3 Å². The van der Waals surface area contributed by atoms with E-state index in [1.807, 2.05) is 0 Å². The highest BCUT2D eigenvalue weighted by Crippen LogP contribution is 2.48. The number of anilines is 1. The van der Waals surface area contributed by atoms with Crippen molar-refractivity contribution in [2.45, 2.75) is 56.1 Å². The quantitative estimate of drug-likeness (QED) is 0.317. The van der Waals surface area contributed by atoms with E-state index in [2.05, 4.69) is 10.1 Å². The van der Waals surface area contributed by atoms with Gasteiger partial charge in [-0.05, 0) is 39.0 Å². The maximum Gasteiger partial charge on any atom is 0.459 e. The number of aliphatic hydroxyl groups excluding tert-OH is 1. The Morgan fingerprint density at radius 1 is 1.32 bits per heavy atom. The van der Waals surface area contributed by atoms with Crippen molar-refractivity contribution in [1.82, 2.24) is 14.6 Å². The second kappa shape index (κ2) is 11.4. The van der Waals surface area contributed by atoms with Crippen molar-refractivity contribution in [3.8, 4) is 5.75 Å². The number of nitrogens with one attached hydrogen (secondary N) is 1. The van der Waals surface area contributed by atoms with Crippen molar-refractivity contribution in [3.63, 3.8) is 0 Å². The molecular weight excluding hydrogens is 483 g/mol. The van der Waals surface area contributed by atoms with Crippen LogP contribution in [0.5, 0.6) is 5.75 Å². The smallest absolute Gasteiger partial charge is 0.459 e. The Kier molecular flexibility index (Phi) is 8.78. The number of nitrogens with zero attached hydrogens (tertiary/aromatic N) is 2. The van der Waals surface area contributed by atoms with E-state index in [-0.39, 0.29) is 30.7 Å². The molecule has 11 nitrogen and oxygen atoms in total. The van der Waals surface area contributed by atoms with E-state index in [4.69, 9.17) is 19.5 Å². The molecule has 0 spiro atoms. The van der Waals surface area contributed by atoms with Crippen molar-refractivity contribution >= 4 is 31.3 Å². The first-order chi connectivity index (χ1) is 16.1. The highest BCUT2D eigenvalue weighted by Gasteiger charge is 2.39. The average Bonchev–Trinajstić information content (AvgIpc) is 3.12. The van der Waals surface area contributed by atoms with Crippen molar-refractivity contribution in [1.29, 1.82) is 0 Å². The Morgan fingerprint density at radius 3 is 2.68 bits per heavy atom. The lowest BCUT2D eigenvalue weighted by molar-refractivity contribution is -0.149. The summed E-state index contributed by atoms with van der Waals surface area (Å²) < 4.78 is 31.4. The molecule has 13 heteroatoms. The summed E-state index contributed by atoms with van der Waals surface area (Å²) in [7, 11) is -4.05. The van der Waals surface area contributed by atoms with Gasteiger partial charge in [0.2, 0.25) is 0 Å². The van der Waals surface area contributed by atoms with E-state index in [9.17, 15) is 19.3 Å². The summed E-state index contributed by atoms with van der Waals surface area (Å²) in [6, 6.07) is 8.90. The fraction of sp³-hybridized carbons (Fsp3) is 0.476. The zero-order valence-electron chi connectivity index (χ0n) is 19.1. The highest BCUT2D eigenvalue weighted by molar-refractivity contribution is 8.00. The lowest BCUT2D eigenvalue weighted by atomic mass is 10.2. The second-order valence-electron chi connectivity index (χ2n) is 8.01. The first-order valence-corrected chi connectivity index (χ1v) is 13.2. The van der Waals surface area contributed by atoms with Gasteiger partial charge in [0.25, 0.3) is 0 Å². The monoisotopic (exact) mass is 512 g/mol. The Morgan fingerprint density at radius 2 is 2.03 bits per heavy atom. The normalized spacial score (nSPS) is 22.8. The lowest BCUT2D eigenvalue weighted by Crippen LogP contribution is -2.37. The van der Waals surface area contributed by atoms with Crippen LogP contribution in [0.2, 0.25) is 0 Å². The van der Waals surface area contributed by atoms with Crippen LogP contribution in [0.25, 0.3) is 0 Å².